The number of amides is 2. The fourth-order valence-electron chi connectivity index (χ4n) is 0.271. The second kappa shape index (κ2) is 5.07. The molecule has 2 amide bonds. The molecule has 0 saturated carbocycles. The van der Waals surface area contributed by atoms with E-state index in [0.717, 1.165) is 7.42 Å². The van der Waals surface area contributed by atoms with Crippen LogP contribution in [0.1, 0.15) is 6.42 Å². The molecule has 0 rings (SSSR count). The molecule has 0 saturated heterocycles. The largest absolute Gasteiger partial charge is 0.272 e. The molecular weight excluding hydrogens is 224 g/mol. The Labute approximate surface area is 86.5 Å². The number of nitrogens with zero attached hydrogens (tertiary/aromatic N) is 2. The van der Waals surface area contributed by atoms with Crippen LogP contribution >= 0.6 is 51.3 Å². The van der Waals surface area contributed by atoms with Gasteiger partial charge in [-0.25, -0.2) is 7.42 Å². The highest BCUT2D eigenvalue weighted by atomic mass is 32.2. The van der Waals surface area contributed by atoms with Crippen molar-refractivity contribution in [1.82, 2.24) is 7.42 Å². The summed E-state index contributed by atoms with van der Waals surface area (Å²) in [6.07, 6.45) is -0.347. The summed E-state index contributed by atoms with van der Waals surface area (Å²) in [5.41, 5.74) is 0. The first-order valence-electron chi connectivity index (χ1n) is 2.36. The van der Waals surface area contributed by atoms with Crippen molar-refractivity contribution in [1.29, 1.82) is 0 Å². The molecular formula is C3H6N2O2S4. The Bertz CT molecular complexity index is 153. The van der Waals surface area contributed by atoms with Crippen LogP contribution in [0.25, 0.3) is 0 Å². The van der Waals surface area contributed by atoms with E-state index in [2.05, 4.69) is 51.3 Å². The Hall–Kier alpha value is 0.340. The van der Waals surface area contributed by atoms with Gasteiger partial charge in [0.15, 0.2) is 0 Å². The van der Waals surface area contributed by atoms with Crippen molar-refractivity contribution < 1.29 is 9.59 Å². The Balaban J connectivity index is 3.86. The fourth-order valence-corrected chi connectivity index (χ4v) is 0.554. The van der Waals surface area contributed by atoms with Crippen molar-refractivity contribution in [2.45, 2.75) is 6.42 Å². The van der Waals surface area contributed by atoms with E-state index in [1.807, 2.05) is 0 Å². The molecule has 0 aromatic heterocycles. The van der Waals surface area contributed by atoms with Gasteiger partial charge < -0.3 is 0 Å². The van der Waals surface area contributed by atoms with E-state index in [1.165, 1.54) is 0 Å². The predicted molar refractivity (Wildman–Crippen MR) is 54.3 cm³/mol. The molecule has 0 aliphatic heterocycles. The van der Waals surface area contributed by atoms with Crippen LogP contribution in [0.4, 0.5) is 0 Å². The fraction of sp³-hybridized carbons (Fsp3) is 0.333. The van der Waals surface area contributed by atoms with Gasteiger partial charge >= 0.3 is 0 Å². The molecule has 0 unspecified atom stereocenters. The minimum atomic E-state index is -0.533. The van der Waals surface area contributed by atoms with Crippen LogP contribution in [-0.2, 0) is 9.59 Å². The molecule has 0 aromatic carbocycles. The van der Waals surface area contributed by atoms with Crippen LogP contribution in [0.5, 0.6) is 0 Å². The maximum atomic E-state index is 10.7. The average Bonchev–Trinajstić information content (AvgIpc) is 1.87. The molecule has 0 aliphatic carbocycles. The van der Waals surface area contributed by atoms with E-state index in [9.17, 15) is 9.59 Å². The van der Waals surface area contributed by atoms with E-state index >= 15 is 0 Å². The highest BCUT2D eigenvalue weighted by Gasteiger charge is 2.14. The molecule has 8 heteroatoms. The van der Waals surface area contributed by atoms with Crippen molar-refractivity contribution in [2.24, 2.45) is 0 Å². The zero-order chi connectivity index (χ0) is 9.02. The minimum Gasteiger partial charge on any atom is -0.272 e. The third-order valence-corrected chi connectivity index (χ3v) is 1.64. The lowest BCUT2D eigenvalue weighted by Gasteiger charge is -2.08. The molecule has 0 aromatic rings. The molecule has 64 valence electrons. The maximum Gasteiger partial charge on any atom is 0.251 e. The van der Waals surface area contributed by atoms with Gasteiger partial charge in [-0.05, 0) is 0 Å². The summed E-state index contributed by atoms with van der Waals surface area (Å²) in [5.74, 6) is -1.07. The number of carbonyl (C=O) groups excluding carboxylic acids is 2. The lowest BCUT2D eigenvalue weighted by molar-refractivity contribution is -0.131. The van der Waals surface area contributed by atoms with E-state index in [1.54, 1.807) is 0 Å². The van der Waals surface area contributed by atoms with Crippen molar-refractivity contribution in [3.05, 3.63) is 0 Å². The highest BCUT2D eigenvalue weighted by molar-refractivity contribution is 7.95. The molecule has 0 N–H and O–H groups in total. The van der Waals surface area contributed by atoms with Crippen LogP contribution in [0, 0.1) is 0 Å². The Morgan fingerprint density at radius 3 is 1.36 bits per heavy atom. The van der Waals surface area contributed by atoms with Gasteiger partial charge in [0.25, 0.3) is 11.8 Å². The normalized spacial score (nSPS) is 9.09. The Morgan fingerprint density at radius 1 is 0.909 bits per heavy atom. The van der Waals surface area contributed by atoms with E-state index in [4.69, 9.17) is 0 Å². The number of hydrogen-bond acceptors (Lipinski definition) is 6. The standard InChI is InChI=1S/C3H6N2O2S4/c6-2(4(8)9)1-3(7)5(10)11/h8-11H,1H2. The van der Waals surface area contributed by atoms with Crippen molar-refractivity contribution in [3.8, 4) is 0 Å². The molecule has 11 heavy (non-hydrogen) atoms. The summed E-state index contributed by atoms with van der Waals surface area (Å²) in [6, 6.07) is 0. The first-order chi connectivity index (χ1) is 4.95. The number of rotatable bonds is 2. The van der Waals surface area contributed by atoms with Crippen molar-refractivity contribution >= 4 is 63.1 Å². The van der Waals surface area contributed by atoms with Crippen LogP contribution < -0.4 is 0 Å². The molecule has 0 spiro atoms. The van der Waals surface area contributed by atoms with Gasteiger partial charge in [0.05, 0.1) is 0 Å². The van der Waals surface area contributed by atoms with Gasteiger partial charge in [-0.1, -0.05) is 51.3 Å². The quantitative estimate of drug-likeness (QED) is 0.410. The predicted octanol–water partition coefficient (Wildman–Crippen LogP) is 0.413. The lowest BCUT2D eigenvalue weighted by Crippen LogP contribution is -2.21. The molecule has 4 nitrogen and oxygen atoms in total. The van der Waals surface area contributed by atoms with Gasteiger partial charge in [0.1, 0.15) is 6.42 Å². The third-order valence-electron chi connectivity index (χ3n) is 0.749. The molecule has 0 fully saturated rings. The first-order valence-corrected chi connectivity index (χ1v) is 3.96. The summed E-state index contributed by atoms with van der Waals surface area (Å²) in [7, 11) is 0. The average molecular weight is 230 g/mol. The third kappa shape index (κ3) is 4.72. The number of hydrogen-bond donors (Lipinski definition) is 4. The lowest BCUT2D eigenvalue weighted by atomic mass is 10.4. The topological polar surface area (TPSA) is 40.6 Å². The summed E-state index contributed by atoms with van der Waals surface area (Å²) >= 11 is 14.3. The monoisotopic (exact) mass is 230 g/mol. The van der Waals surface area contributed by atoms with Gasteiger partial charge in [0.2, 0.25) is 0 Å². The Morgan fingerprint density at radius 2 is 1.18 bits per heavy atom. The summed E-state index contributed by atoms with van der Waals surface area (Å²) in [4.78, 5) is 21.4. The smallest absolute Gasteiger partial charge is 0.251 e. The van der Waals surface area contributed by atoms with Gasteiger partial charge in [0, 0.05) is 0 Å². The van der Waals surface area contributed by atoms with Gasteiger partial charge in [-0.2, -0.15) is 0 Å². The Kier molecular flexibility index (Phi) is 5.23. The molecule has 0 bridgehead atoms. The summed E-state index contributed by atoms with van der Waals surface area (Å²) in [5, 5.41) is 0. The molecule has 0 heterocycles. The molecule has 0 aliphatic rings. The van der Waals surface area contributed by atoms with Crippen LogP contribution in [0.2, 0.25) is 0 Å². The van der Waals surface area contributed by atoms with Crippen LogP contribution in [0.3, 0.4) is 0 Å². The van der Waals surface area contributed by atoms with E-state index < -0.39 is 11.8 Å². The van der Waals surface area contributed by atoms with Crippen molar-refractivity contribution in [3.63, 3.8) is 0 Å². The number of carbonyl (C=O) groups is 2. The molecule has 0 atom stereocenters. The summed E-state index contributed by atoms with van der Waals surface area (Å²) < 4.78 is 1.45. The first kappa shape index (κ1) is 11.3. The van der Waals surface area contributed by atoms with E-state index in [0.29, 0.717) is 0 Å². The number of thiol groups is 4. The van der Waals surface area contributed by atoms with Crippen molar-refractivity contribution in [2.75, 3.05) is 0 Å². The van der Waals surface area contributed by atoms with Crippen LogP contribution in [-0.4, -0.2) is 19.2 Å². The second-order valence-electron chi connectivity index (χ2n) is 1.54. The van der Waals surface area contributed by atoms with Gasteiger partial charge in [-0.3, -0.25) is 9.59 Å². The second-order valence-corrected chi connectivity index (χ2v) is 3.77. The zero-order valence-corrected chi connectivity index (χ0v) is 8.78. The summed E-state index contributed by atoms with van der Waals surface area (Å²) in [6.45, 7) is 0. The van der Waals surface area contributed by atoms with Crippen LogP contribution in [0.15, 0.2) is 0 Å². The zero-order valence-electron chi connectivity index (χ0n) is 5.21. The maximum absolute atomic E-state index is 10.7. The highest BCUT2D eigenvalue weighted by Crippen LogP contribution is 2.06. The SMILES string of the molecule is O=C(CC(=O)N(S)S)N(S)S. The molecule has 0 radical (unpaired) electrons. The minimum absolute atomic E-state index is 0.347. The van der Waals surface area contributed by atoms with E-state index in [-0.39, 0.29) is 6.42 Å². The van der Waals surface area contributed by atoms with Gasteiger partial charge in [-0.15, -0.1) is 0 Å².